The van der Waals surface area contributed by atoms with Crippen LogP contribution < -0.4 is 4.89 Å². The highest BCUT2D eigenvalue weighted by atomic mass is 31.2. The quantitative estimate of drug-likeness (QED) is 0.0196. The number of unbranched alkanes of at least 4 members (excludes halogenated alkanes) is 12. The molecule has 10 heteroatoms. The topological polar surface area (TPSA) is 111 Å². The van der Waals surface area contributed by atoms with Crippen molar-refractivity contribution < 1.29 is 42.1 Å². The third-order valence-corrected chi connectivity index (χ3v) is 10.6. The monoisotopic (exact) mass is 886 g/mol. The maximum Gasteiger partial charge on any atom is 0.306 e. The second-order valence-electron chi connectivity index (χ2n) is 16.7. The molecule has 0 N–H and O–H groups in total. The molecular weight excluding hydrogens is 798 g/mol. The molecule has 0 aliphatic carbocycles. The Bertz CT molecular complexity index is 1370. The molecule has 0 heterocycles. The van der Waals surface area contributed by atoms with E-state index in [1.165, 1.54) is 57.8 Å². The smallest absolute Gasteiger partial charge is 0.306 e. The number of ether oxygens (including phenoxy) is 2. The fraction of sp³-hybridized carbons (Fsp3) is 0.654. The Morgan fingerprint density at radius 1 is 0.516 bits per heavy atom. The number of phosphoric acid groups is 1. The van der Waals surface area contributed by atoms with E-state index in [2.05, 4.69) is 98.9 Å². The normalized spacial score (nSPS) is 14.4. The maximum absolute atomic E-state index is 12.7. The van der Waals surface area contributed by atoms with E-state index in [-0.39, 0.29) is 26.1 Å². The summed E-state index contributed by atoms with van der Waals surface area (Å²) in [5.41, 5.74) is 0. The second-order valence-corrected chi connectivity index (χ2v) is 18.1. The molecule has 0 aromatic carbocycles. The summed E-state index contributed by atoms with van der Waals surface area (Å²) in [5, 5.41) is 0. The molecule has 0 bridgehead atoms. The van der Waals surface area contributed by atoms with E-state index in [1.54, 1.807) is 0 Å². The van der Waals surface area contributed by atoms with Gasteiger partial charge in [-0.05, 0) is 83.5 Å². The highest BCUT2D eigenvalue weighted by molar-refractivity contribution is 7.45. The Morgan fingerprint density at radius 3 is 1.44 bits per heavy atom. The van der Waals surface area contributed by atoms with Gasteiger partial charge >= 0.3 is 11.9 Å². The maximum atomic E-state index is 12.7. The Morgan fingerprint density at radius 2 is 0.952 bits per heavy atom. The first kappa shape index (κ1) is 58.9. The highest BCUT2D eigenvalue weighted by Gasteiger charge is 2.21. The van der Waals surface area contributed by atoms with Gasteiger partial charge < -0.3 is 27.9 Å². The number of hydrogen-bond acceptors (Lipinski definition) is 8. The molecule has 0 radical (unpaired) electrons. The standard InChI is InChI=1S/C52H88NO8P/c1-6-8-10-12-14-16-18-20-22-24-26-28-30-32-34-36-38-40-42-44-51(54)58-48-50(49-60-62(56,57)59-47-46-53(3,4)5)61-52(55)45-43-41-39-37-35-33-31-29-27-25-23-21-19-17-15-13-11-9-7-2/h9,11,14-17,20-23,27,29,33,35,39,41,50H,6-8,10,12-13,18-19,24-26,28,30-32,34,36-38,40,42-49H2,1-5H3/b11-9-,16-14-,17-15-,22-20-,23-21-,29-27-,35-33-,41-39-/t50-/m1/s1. The van der Waals surface area contributed by atoms with Gasteiger partial charge in [0.25, 0.3) is 7.82 Å². The van der Waals surface area contributed by atoms with Gasteiger partial charge in [-0.1, -0.05) is 169 Å². The molecule has 0 aliphatic rings. The molecule has 9 nitrogen and oxygen atoms in total. The number of quaternary nitrogens is 1. The van der Waals surface area contributed by atoms with E-state index in [0.29, 0.717) is 23.9 Å². The lowest BCUT2D eigenvalue weighted by Crippen LogP contribution is -2.37. The Kier molecular flexibility index (Phi) is 41.1. The lowest BCUT2D eigenvalue weighted by Gasteiger charge is -2.28. The first-order valence-electron chi connectivity index (χ1n) is 23.9. The summed E-state index contributed by atoms with van der Waals surface area (Å²) in [4.78, 5) is 37.6. The van der Waals surface area contributed by atoms with Crippen molar-refractivity contribution in [3.05, 3.63) is 97.2 Å². The second kappa shape index (κ2) is 43.2. The van der Waals surface area contributed by atoms with Crippen molar-refractivity contribution in [2.45, 2.75) is 174 Å². The minimum absolute atomic E-state index is 0.0503. The van der Waals surface area contributed by atoms with E-state index in [4.69, 9.17) is 18.5 Å². The zero-order valence-electron chi connectivity index (χ0n) is 39.8. The van der Waals surface area contributed by atoms with Gasteiger partial charge in [-0.3, -0.25) is 14.2 Å². The van der Waals surface area contributed by atoms with Crippen LogP contribution in [0.1, 0.15) is 168 Å². The van der Waals surface area contributed by atoms with Crippen LogP contribution in [0.25, 0.3) is 0 Å². The fourth-order valence-electron chi connectivity index (χ4n) is 5.89. The molecule has 62 heavy (non-hydrogen) atoms. The van der Waals surface area contributed by atoms with E-state index in [9.17, 15) is 19.0 Å². The Hall–Kier alpha value is -3.07. The predicted octanol–water partition coefficient (Wildman–Crippen LogP) is 13.5. The summed E-state index contributed by atoms with van der Waals surface area (Å²) in [6, 6.07) is 0. The minimum Gasteiger partial charge on any atom is -0.756 e. The Balaban J connectivity index is 4.44. The average Bonchev–Trinajstić information content (AvgIpc) is 3.23. The number of likely N-dealkylation sites (N-methyl/N-ethyl adjacent to an activating group) is 1. The molecule has 0 fully saturated rings. The zero-order chi connectivity index (χ0) is 45.7. The third kappa shape index (κ3) is 46.4. The van der Waals surface area contributed by atoms with Gasteiger partial charge in [0.1, 0.15) is 19.8 Å². The molecule has 0 saturated carbocycles. The molecule has 0 saturated heterocycles. The van der Waals surface area contributed by atoms with Crippen LogP contribution in [0.15, 0.2) is 97.2 Å². The summed E-state index contributed by atoms with van der Waals surface area (Å²) in [6.45, 7) is 3.98. The number of carbonyl (C=O) groups is 2. The summed E-state index contributed by atoms with van der Waals surface area (Å²) in [7, 11) is 1.10. The van der Waals surface area contributed by atoms with E-state index >= 15 is 0 Å². The molecule has 1 unspecified atom stereocenters. The molecule has 0 aromatic rings. The number of nitrogens with zero attached hydrogens (tertiary/aromatic N) is 1. The van der Waals surface area contributed by atoms with Crippen molar-refractivity contribution in [3.8, 4) is 0 Å². The van der Waals surface area contributed by atoms with E-state index in [0.717, 1.165) is 70.6 Å². The van der Waals surface area contributed by atoms with Gasteiger partial charge in [0.2, 0.25) is 0 Å². The molecule has 0 rings (SSSR count). The van der Waals surface area contributed by atoms with Gasteiger partial charge in [-0.15, -0.1) is 0 Å². The summed E-state index contributed by atoms with van der Waals surface area (Å²) in [5.74, 6) is -0.945. The lowest BCUT2D eigenvalue weighted by atomic mass is 10.1. The van der Waals surface area contributed by atoms with Crippen molar-refractivity contribution in [1.82, 2.24) is 0 Å². The SMILES string of the molecule is CC/C=C\C/C=C\C/C=C\C/C=C\C/C=C\C/C=C\CCC(=O)O[C@H](COC(=O)CCCCCCCCCCC/C=C\C/C=C\CCCCC)COP(=O)([O-])OCC[N+](C)(C)C. The molecule has 0 spiro atoms. The highest BCUT2D eigenvalue weighted by Crippen LogP contribution is 2.38. The van der Waals surface area contributed by atoms with Crippen molar-refractivity contribution in [3.63, 3.8) is 0 Å². The van der Waals surface area contributed by atoms with Crippen LogP contribution in [-0.4, -0.2) is 70.0 Å². The van der Waals surface area contributed by atoms with Crippen molar-refractivity contribution in [2.24, 2.45) is 0 Å². The first-order valence-corrected chi connectivity index (χ1v) is 25.4. The molecule has 0 aromatic heterocycles. The van der Waals surface area contributed by atoms with Gasteiger partial charge in [0.15, 0.2) is 6.10 Å². The first-order chi connectivity index (χ1) is 30.0. The van der Waals surface area contributed by atoms with E-state index in [1.807, 2.05) is 33.3 Å². The molecular formula is C52H88NO8P. The third-order valence-electron chi connectivity index (χ3n) is 9.60. The van der Waals surface area contributed by atoms with Crippen molar-refractivity contribution in [1.29, 1.82) is 0 Å². The van der Waals surface area contributed by atoms with Crippen LogP contribution in [-0.2, 0) is 32.7 Å². The van der Waals surface area contributed by atoms with E-state index < -0.39 is 32.5 Å². The van der Waals surface area contributed by atoms with Crippen LogP contribution in [0, 0.1) is 0 Å². The van der Waals surface area contributed by atoms with Crippen molar-refractivity contribution in [2.75, 3.05) is 47.5 Å². The number of esters is 2. The predicted molar refractivity (Wildman–Crippen MR) is 259 cm³/mol. The minimum atomic E-state index is -4.66. The Labute approximate surface area is 379 Å². The number of allylic oxidation sites excluding steroid dienone is 16. The number of hydrogen-bond donors (Lipinski definition) is 0. The lowest BCUT2D eigenvalue weighted by molar-refractivity contribution is -0.870. The van der Waals surface area contributed by atoms with Crippen molar-refractivity contribution >= 4 is 19.8 Å². The van der Waals surface area contributed by atoms with Crippen LogP contribution >= 0.6 is 7.82 Å². The number of carbonyl (C=O) groups excluding carboxylic acids is 2. The summed E-state index contributed by atoms with van der Waals surface area (Å²) >= 11 is 0. The molecule has 2 atom stereocenters. The number of rotatable bonds is 42. The van der Waals surface area contributed by atoms with Crippen LogP contribution in [0.2, 0.25) is 0 Å². The van der Waals surface area contributed by atoms with Gasteiger partial charge in [0.05, 0.1) is 27.7 Å². The van der Waals surface area contributed by atoms with Gasteiger partial charge in [-0.25, -0.2) is 0 Å². The van der Waals surface area contributed by atoms with Gasteiger partial charge in [0, 0.05) is 12.8 Å². The van der Waals surface area contributed by atoms with Gasteiger partial charge in [-0.2, -0.15) is 0 Å². The summed E-state index contributed by atoms with van der Waals surface area (Å²) < 4.78 is 33.9. The average molecular weight is 886 g/mol. The molecule has 0 aliphatic heterocycles. The number of phosphoric ester groups is 1. The van der Waals surface area contributed by atoms with Crippen LogP contribution in [0.3, 0.4) is 0 Å². The zero-order valence-corrected chi connectivity index (χ0v) is 40.7. The van der Waals surface area contributed by atoms with Crippen LogP contribution in [0.4, 0.5) is 0 Å². The fourth-order valence-corrected chi connectivity index (χ4v) is 6.61. The van der Waals surface area contributed by atoms with Crippen LogP contribution in [0.5, 0.6) is 0 Å². The largest absolute Gasteiger partial charge is 0.756 e. The molecule has 354 valence electrons. The summed E-state index contributed by atoms with van der Waals surface area (Å²) in [6.07, 6.45) is 57.3. The molecule has 0 amide bonds.